The number of ether oxygens (including phenoxy) is 2. The second-order valence-electron chi connectivity index (χ2n) is 4.94. The lowest BCUT2D eigenvalue weighted by Gasteiger charge is -2.15. The van der Waals surface area contributed by atoms with E-state index in [1.54, 1.807) is 26.0 Å². The Bertz CT molecular complexity index is 797. The summed E-state index contributed by atoms with van der Waals surface area (Å²) >= 11 is 1.72. The Morgan fingerprint density at radius 2 is 1.45 bits per heavy atom. The summed E-state index contributed by atoms with van der Waals surface area (Å²) in [6.07, 6.45) is 2.09. The van der Waals surface area contributed by atoms with E-state index in [2.05, 4.69) is 42.7 Å². The summed E-state index contributed by atoms with van der Waals surface area (Å²) in [7, 11) is 3.41. The lowest BCUT2D eigenvalue weighted by atomic mass is 10.00. The SMILES string of the molecule is COc1ccc(OC)c2c(SC)cc(-c3ccccc3)cc12. The molecule has 0 N–H and O–H groups in total. The normalized spacial score (nSPS) is 10.7. The molecule has 0 atom stereocenters. The third-order valence-electron chi connectivity index (χ3n) is 3.77. The highest BCUT2D eigenvalue weighted by Crippen LogP contribution is 2.41. The highest BCUT2D eigenvalue weighted by Gasteiger charge is 2.13. The molecule has 112 valence electrons. The second kappa shape index (κ2) is 6.32. The molecule has 0 unspecified atom stereocenters. The van der Waals surface area contributed by atoms with E-state index in [9.17, 15) is 0 Å². The van der Waals surface area contributed by atoms with Gasteiger partial charge in [0, 0.05) is 15.7 Å². The van der Waals surface area contributed by atoms with Crippen LogP contribution in [0, 0.1) is 0 Å². The Kier molecular flexibility index (Phi) is 4.25. The van der Waals surface area contributed by atoms with Gasteiger partial charge in [-0.2, -0.15) is 0 Å². The van der Waals surface area contributed by atoms with Crippen molar-refractivity contribution in [3.05, 3.63) is 54.6 Å². The van der Waals surface area contributed by atoms with Crippen LogP contribution < -0.4 is 9.47 Å². The van der Waals surface area contributed by atoms with Crippen molar-refractivity contribution >= 4 is 22.5 Å². The average molecular weight is 310 g/mol. The van der Waals surface area contributed by atoms with Crippen LogP contribution in [0.2, 0.25) is 0 Å². The van der Waals surface area contributed by atoms with Gasteiger partial charge < -0.3 is 9.47 Å². The van der Waals surface area contributed by atoms with E-state index in [0.29, 0.717) is 0 Å². The fraction of sp³-hybridized carbons (Fsp3) is 0.158. The summed E-state index contributed by atoms with van der Waals surface area (Å²) in [6, 6.07) is 18.7. The standard InChI is InChI=1S/C19H18O2S/c1-20-16-9-10-17(21-2)19-15(16)11-14(12-18(19)22-3)13-7-5-4-6-8-13/h4-12H,1-3H3. The first-order valence-corrected chi connectivity index (χ1v) is 8.29. The van der Waals surface area contributed by atoms with E-state index >= 15 is 0 Å². The largest absolute Gasteiger partial charge is 0.496 e. The lowest BCUT2D eigenvalue weighted by molar-refractivity contribution is 0.410. The van der Waals surface area contributed by atoms with Crippen molar-refractivity contribution < 1.29 is 9.47 Å². The number of benzene rings is 3. The molecule has 0 amide bonds. The van der Waals surface area contributed by atoms with Crippen molar-refractivity contribution in [2.45, 2.75) is 4.90 Å². The molecule has 3 rings (SSSR count). The Hall–Kier alpha value is -2.13. The van der Waals surface area contributed by atoms with E-state index in [1.165, 1.54) is 16.0 Å². The van der Waals surface area contributed by atoms with E-state index in [1.807, 2.05) is 18.2 Å². The van der Waals surface area contributed by atoms with Gasteiger partial charge in [-0.1, -0.05) is 30.3 Å². The maximum absolute atomic E-state index is 5.55. The summed E-state index contributed by atoms with van der Waals surface area (Å²) in [5, 5.41) is 2.18. The monoisotopic (exact) mass is 310 g/mol. The second-order valence-corrected chi connectivity index (χ2v) is 5.79. The van der Waals surface area contributed by atoms with Gasteiger partial charge in [0.05, 0.1) is 14.2 Å². The number of methoxy groups -OCH3 is 2. The van der Waals surface area contributed by atoms with Gasteiger partial charge in [-0.25, -0.2) is 0 Å². The van der Waals surface area contributed by atoms with Crippen molar-refractivity contribution in [2.75, 3.05) is 20.5 Å². The summed E-state index contributed by atoms with van der Waals surface area (Å²) < 4.78 is 11.1. The highest BCUT2D eigenvalue weighted by molar-refractivity contribution is 7.98. The van der Waals surface area contributed by atoms with Crippen molar-refractivity contribution in [3.8, 4) is 22.6 Å². The van der Waals surface area contributed by atoms with Crippen molar-refractivity contribution in [3.63, 3.8) is 0 Å². The fourth-order valence-electron chi connectivity index (χ4n) is 2.69. The molecule has 0 fully saturated rings. The molecule has 0 spiro atoms. The molecule has 0 bridgehead atoms. The van der Waals surface area contributed by atoms with Gasteiger partial charge in [0.15, 0.2) is 0 Å². The van der Waals surface area contributed by atoms with Gasteiger partial charge in [-0.05, 0) is 41.6 Å². The molecule has 2 nitrogen and oxygen atoms in total. The minimum Gasteiger partial charge on any atom is -0.496 e. The fourth-order valence-corrected chi connectivity index (χ4v) is 3.35. The van der Waals surface area contributed by atoms with Crippen molar-refractivity contribution in [2.24, 2.45) is 0 Å². The first-order valence-electron chi connectivity index (χ1n) is 7.06. The third kappa shape index (κ3) is 2.53. The van der Waals surface area contributed by atoms with Gasteiger partial charge in [-0.15, -0.1) is 11.8 Å². The molecule has 0 radical (unpaired) electrons. The summed E-state index contributed by atoms with van der Waals surface area (Å²) in [4.78, 5) is 1.19. The summed E-state index contributed by atoms with van der Waals surface area (Å²) in [6.45, 7) is 0. The van der Waals surface area contributed by atoms with E-state index in [0.717, 1.165) is 22.3 Å². The zero-order chi connectivity index (χ0) is 15.5. The molecular formula is C19H18O2S. The minimum absolute atomic E-state index is 0.865. The zero-order valence-corrected chi connectivity index (χ0v) is 13.7. The molecule has 0 saturated heterocycles. The van der Waals surface area contributed by atoms with Crippen LogP contribution in [0.3, 0.4) is 0 Å². The predicted molar refractivity (Wildman–Crippen MR) is 94.3 cm³/mol. The molecule has 3 heteroatoms. The molecular weight excluding hydrogens is 292 g/mol. The lowest BCUT2D eigenvalue weighted by Crippen LogP contribution is -1.92. The summed E-state index contributed by atoms with van der Waals surface area (Å²) in [5.74, 6) is 1.74. The van der Waals surface area contributed by atoms with Gasteiger partial charge in [0.1, 0.15) is 11.5 Å². The topological polar surface area (TPSA) is 18.5 Å². The molecule has 22 heavy (non-hydrogen) atoms. The van der Waals surface area contributed by atoms with Crippen LogP contribution in [-0.2, 0) is 0 Å². The maximum atomic E-state index is 5.55. The smallest absolute Gasteiger partial charge is 0.128 e. The van der Waals surface area contributed by atoms with Crippen molar-refractivity contribution in [1.29, 1.82) is 0 Å². The Labute approximate surface area is 135 Å². The van der Waals surface area contributed by atoms with Gasteiger partial charge in [0.2, 0.25) is 0 Å². The maximum Gasteiger partial charge on any atom is 0.128 e. The number of hydrogen-bond donors (Lipinski definition) is 0. The Morgan fingerprint density at radius 3 is 2.09 bits per heavy atom. The Balaban J connectivity index is 2.35. The molecule has 3 aromatic carbocycles. The average Bonchev–Trinajstić information content (AvgIpc) is 2.60. The summed E-state index contributed by atoms with van der Waals surface area (Å²) in [5.41, 5.74) is 2.38. The van der Waals surface area contributed by atoms with E-state index in [-0.39, 0.29) is 0 Å². The van der Waals surface area contributed by atoms with Gasteiger partial charge >= 0.3 is 0 Å². The third-order valence-corrected chi connectivity index (χ3v) is 4.53. The first kappa shape index (κ1) is 14.8. The number of fused-ring (bicyclic) bond motifs is 1. The van der Waals surface area contributed by atoms with Crippen LogP contribution in [0.25, 0.3) is 21.9 Å². The molecule has 0 aromatic heterocycles. The minimum atomic E-state index is 0.865. The molecule has 0 aliphatic carbocycles. The van der Waals surface area contributed by atoms with Crippen LogP contribution >= 0.6 is 11.8 Å². The number of thioether (sulfide) groups is 1. The van der Waals surface area contributed by atoms with E-state index < -0.39 is 0 Å². The quantitative estimate of drug-likeness (QED) is 0.613. The molecule has 0 aliphatic rings. The highest BCUT2D eigenvalue weighted by atomic mass is 32.2. The first-order chi connectivity index (χ1) is 10.8. The molecule has 0 heterocycles. The molecule has 0 aliphatic heterocycles. The molecule has 0 saturated carbocycles. The number of hydrogen-bond acceptors (Lipinski definition) is 3. The molecule has 3 aromatic rings. The van der Waals surface area contributed by atoms with Crippen molar-refractivity contribution in [1.82, 2.24) is 0 Å². The zero-order valence-electron chi connectivity index (χ0n) is 12.9. The predicted octanol–water partition coefficient (Wildman–Crippen LogP) is 5.25. The van der Waals surface area contributed by atoms with Gasteiger partial charge in [-0.3, -0.25) is 0 Å². The van der Waals surface area contributed by atoms with Crippen LogP contribution in [0.5, 0.6) is 11.5 Å². The van der Waals surface area contributed by atoms with Gasteiger partial charge in [0.25, 0.3) is 0 Å². The van der Waals surface area contributed by atoms with E-state index in [4.69, 9.17) is 9.47 Å². The van der Waals surface area contributed by atoms with Crippen LogP contribution in [-0.4, -0.2) is 20.5 Å². The number of rotatable bonds is 4. The Morgan fingerprint density at radius 1 is 0.773 bits per heavy atom. The van der Waals surface area contributed by atoms with Crippen LogP contribution in [0.4, 0.5) is 0 Å². The van der Waals surface area contributed by atoms with Crippen LogP contribution in [0.15, 0.2) is 59.5 Å². The van der Waals surface area contributed by atoms with Crippen LogP contribution in [0.1, 0.15) is 0 Å².